The third-order valence-corrected chi connectivity index (χ3v) is 8.75. The minimum atomic E-state index is -0.189. The van der Waals surface area contributed by atoms with E-state index < -0.39 is 0 Å². The van der Waals surface area contributed by atoms with Gasteiger partial charge in [-0.05, 0) is 90.2 Å². The third kappa shape index (κ3) is 3.67. The van der Waals surface area contributed by atoms with Crippen molar-refractivity contribution < 1.29 is 9.53 Å². The zero-order valence-corrected chi connectivity index (χ0v) is 21.9. The molecule has 1 amide bonds. The van der Waals surface area contributed by atoms with Crippen molar-refractivity contribution in [3.63, 3.8) is 0 Å². The first kappa shape index (κ1) is 22.2. The van der Waals surface area contributed by atoms with Crippen molar-refractivity contribution in [3.8, 4) is 17.1 Å². The van der Waals surface area contributed by atoms with Gasteiger partial charge in [-0.3, -0.25) is 9.78 Å². The maximum absolute atomic E-state index is 13.5. The van der Waals surface area contributed by atoms with Gasteiger partial charge in [0.2, 0.25) is 5.91 Å². The van der Waals surface area contributed by atoms with E-state index in [9.17, 15) is 4.79 Å². The maximum atomic E-state index is 13.5. The number of nitrogens with zero attached hydrogens (tertiary/aromatic N) is 4. The highest BCUT2D eigenvalue weighted by Gasteiger charge is 2.72. The average Bonchev–Trinajstić information content (AvgIpc) is 2.87. The van der Waals surface area contributed by atoms with E-state index in [0.717, 1.165) is 65.7 Å². The minimum Gasteiger partial charge on any atom is -0.493 e. The number of fused-ring (bicyclic) bond motifs is 2. The van der Waals surface area contributed by atoms with Crippen LogP contribution in [0.1, 0.15) is 30.5 Å². The van der Waals surface area contributed by atoms with Crippen LogP contribution >= 0.6 is 22.6 Å². The molecule has 3 aliphatic carbocycles. The van der Waals surface area contributed by atoms with E-state index in [1.54, 1.807) is 0 Å². The van der Waals surface area contributed by atoms with Gasteiger partial charge in [0, 0.05) is 38.9 Å². The van der Waals surface area contributed by atoms with Crippen LogP contribution in [0, 0.1) is 14.4 Å². The van der Waals surface area contributed by atoms with Crippen LogP contribution in [0.3, 0.4) is 0 Å². The number of carbonyl (C=O) groups excluding carboxylic acids is 1. The Morgan fingerprint density at radius 3 is 2.67 bits per heavy atom. The second kappa shape index (κ2) is 8.23. The molecule has 3 fully saturated rings. The van der Waals surface area contributed by atoms with Crippen molar-refractivity contribution in [3.05, 3.63) is 81.8 Å². The van der Waals surface area contributed by atoms with Crippen LogP contribution in [-0.2, 0) is 17.8 Å². The molecule has 6 nitrogen and oxygen atoms in total. The van der Waals surface area contributed by atoms with Gasteiger partial charge in [-0.25, -0.2) is 9.97 Å². The van der Waals surface area contributed by atoms with Crippen molar-refractivity contribution in [2.45, 2.75) is 32.2 Å². The highest BCUT2D eigenvalue weighted by atomic mass is 127. The van der Waals surface area contributed by atoms with E-state index >= 15 is 0 Å². The van der Waals surface area contributed by atoms with E-state index in [1.165, 1.54) is 3.57 Å². The maximum Gasteiger partial charge on any atom is 0.229 e. The first-order chi connectivity index (χ1) is 17.5. The first-order valence-electron chi connectivity index (χ1n) is 12.4. The molecule has 180 valence electrons. The summed E-state index contributed by atoms with van der Waals surface area (Å²) >= 11 is 2.30. The number of para-hydroxylation sites is 1. The van der Waals surface area contributed by atoms with Crippen molar-refractivity contribution in [1.82, 2.24) is 19.9 Å². The van der Waals surface area contributed by atoms with E-state index in [2.05, 4.69) is 50.8 Å². The van der Waals surface area contributed by atoms with Gasteiger partial charge in [0.05, 0.1) is 29.8 Å². The number of rotatable bonds is 5. The molecule has 1 aliphatic heterocycles. The number of hydrogen-bond acceptors (Lipinski definition) is 5. The highest BCUT2D eigenvalue weighted by molar-refractivity contribution is 14.1. The largest absolute Gasteiger partial charge is 0.493 e. The Balaban J connectivity index is 1.03. The molecule has 2 bridgehead atoms. The fourth-order valence-electron chi connectivity index (χ4n) is 6.29. The molecule has 3 saturated carbocycles. The molecule has 0 radical (unpaired) electrons. The molecule has 4 aromatic rings. The van der Waals surface area contributed by atoms with Crippen molar-refractivity contribution >= 4 is 39.4 Å². The fraction of sp³-hybridized carbons (Fsp3) is 0.310. The minimum absolute atomic E-state index is 0.171. The smallest absolute Gasteiger partial charge is 0.229 e. The zero-order valence-electron chi connectivity index (χ0n) is 19.8. The molecule has 0 N–H and O–H groups in total. The van der Waals surface area contributed by atoms with Gasteiger partial charge in [0.25, 0.3) is 0 Å². The van der Waals surface area contributed by atoms with Gasteiger partial charge in [0.15, 0.2) is 5.82 Å². The summed E-state index contributed by atoms with van der Waals surface area (Å²) in [5.74, 6) is 1.86. The molecule has 3 heterocycles. The molecule has 0 unspecified atom stereocenters. The molecule has 8 rings (SSSR count). The number of pyridine rings is 1. The van der Waals surface area contributed by atoms with Crippen molar-refractivity contribution in [1.29, 1.82) is 0 Å². The van der Waals surface area contributed by atoms with E-state index in [4.69, 9.17) is 9.72 Å². The van der Waals surface area contributed by atoms with Crippen LogP contribution in [0.15, 0.2) is 67.0 Å². The summed E-state index contributed by atoms with van der Waals surface area (Å²) in [7, 11) is 0. The Bertz CT molecular complexity index is 1480. The number of carbonyl (C=O) groups is 1. The van der Waals surface area contributed by atoms with E-state index in [1.807, 2.05) is 53.7 Å². The first-order valence-corrected chi connectivity index (χ1v) is 13.5. The number of halogens is 1. The molecule has 7 heteroatoms. The summed E-state index contributed by atoms with van der Waals surface area (Å²) in [5.41, 5.74) is 3.92. The Morgan fingerprint density at radius 2 is 1.83 bits per heavy atom. The number of ether oxygens (including phenoxy) is 1. The molecule has 0 atom stereocenters. The van der Waals surface area contributed by atoms with E-state index in [0.29, 0.717) is 19.0 Å². The lowest BCUT2D eigenvalue weighted by atomic mass is 9.35. The summed E-state index contributed by atoms with van der Waals surface area (Å²) in [5, 5.41) is 1.07. The molecule has 2 aromatic carbocycles. The van der Waals surface area contributed by atoms with Crippen molar-refractivity contribution in [2.75, 3.05) is 13.2 Å². The summed E-state index contributed by atoms with van der Waals surface area (Å²) in [6.07, 6.45) is 7.36. The van der Waals surface area contributed by atoms with Gasteiger partial charge in [0.1, 0.15) is 5.75 Å². The second-order valence-corrected chi connectivity index (χ2v) is 11.9. The lowest BCUT2D eigenvalue weighted by molar-refractivity contribution is -0.226. The topological polar surface area (TPSA) is 68.2 Å². The van der Waals surface area contributed by atoms with Crippen LogP contribution in [0.5, 0.6) is 5.75 Å². The van der Waals surface area contributed by atoms with Crippen LogP contribution in [0.4, 0.5) is 0 Å². The second-order valence-electron chi connectivity index (χ2n) is 10.6. The number of benzene rings is 2. The molecule has 0 saturated heterocycles. The van der Waals surface area contributed by atoms with Gasteiger partial charge in [-0.15, -0.1) is 0 Å². The van der Waals surface area contributed by atoms with Gasteiger partial charge in [-0.2, -0.15) is 0 Å². The fourth-order valence-corrected chi connectivity index (χ4v) is 6.65. The van der Waals surface area contributed by atoms with Crippen LogP contribution in [0.2, 0.25) is 0 Å². The molecule has 2 aromatic heterocycles. The summed E-state index contributed by atoms with van der Waals surface area (Å²) < 4.78 is 7.25. The Morgan fingerprint density at radius 1 is 1.03 bits per heavy atom. The predicted octanol–water partition coefficient (Wildman–Crippen LogP) is 5.43. The van der Waals surface area contributed by atoms with Gasteiger partial charge < -0.3 is 9.64 Å². The van der Waals surface area contributed by atoms with Crippen LogP contribution in [-0.4, -0.2) is 38.9 Å². The third-order valence-electron chi connectivity index (χ3n) is 8.03. The van der Waals surface area contributed by atoms with Gasteiger partial charge >= 0.3 is 0 Å². The highest BCUT2D eigenvalue weighted by Crippen LogP contribution is 2.73. The van der Waals surface area contributed by atoms with E-state index in [-0.39, 0.29) is 16.7 Å². The standard InChI is InChI=1S/C29H25IN4O2/c30-22-5-7-23(8-6-22)36-18-28-15-29(16-28,17-28)27(35)34-10-9-20-12-32-26(33-25(20)14-34)21-11-19-3-1-2-4-24(19)31-13-21/h1-8,11-13H,9-10,14-18H2. The lowest BCUT2D eigenvalue weighted by Gasteiger charge is -2.69. The lowest BCUT2D eigenvalue weighted by Crippen LogP contribution is -2.70. The molecular formula is C29H25IN4O2. The molecule has 36 heavy (non-hydrogen) atoms. The monoisotopic (exact) mass is 588 g/mol. The molecule has 0 spiro atoms. The molecule has 4 aliphatic rings. The van der Waals surface area contributed by atoms with Crippen molar-refractivity contribution in [2.24, 2.45) is 10.8 Å². The van der Waals surface area contributed by atoms with Crippen LogP contribution in [0.25, 0.3) is 22.3 Å². The molecular weight excluding hydrogens is 563 g/mol. The Hall–Kier alpha value is -3.07. The van der Waals surface area contributed by atoms with Crippen LogP contribution < -0.4 is 4.74 Å². The summed E-state index contributed by atoms with van der Waals surface area (Å²) in [4.78, 5) is 29.6. The summed E-state index contributed by atoms with van der Waals surface area (Å²) in [6, 6.07) is 18.3. The number of amides is 1. The Labute approximate surface area is 223 Å². The normalized spacial score (nSPS) is 24.0. The zero-order chi connectivity index (χ0) is 24.3. The number of hydrogen-bond donors (Lipinski definition) is 0. The number of aromatic nitrogens is 3. The predicted molar refractivity (Wildman–Crippen MR) is 145 cm³/mol. The SMILES string of the molecule is O=C(N1CCc2cnc(-c3cnc4ccccc4c3)nc2C1)C12CC(COc3ccc(I)cc3)(C1)C2. The quantitative estimate of drug-likeness (QED) is 0.291. The van der Waals surface area contributed by atoms with Gasteiger partial charge in [-0.1, -0.05) is 18.2 Å². The average molecular weight is 588 g/mol. The summed E-state index contributed by atoms with van der Waals surface area (Å²) in [6.45, 7) is 1.99. The Kier molecular flexibility index (Phi) is 5.06.